The third-order valence-electron chi connectivity index (χ3n) is 1.82. The van der Waals surface area contributed by atoms with E-state index in [1.807, 2.05) is 18.2 Å². The van der Waals surface area contributed by atoms with Crippen LogP contribution in [-0.2, 0) is 6.54 Å². The molecule has 1 aromatic rings. The summed E-state index contributed by atoms with van der Waals surface area (Å²) in [5.74, 6) is 1.03. The van der Waals surface area contributed by atoms with E-state index in [1.54, 1.807) is 0 Å². The minimum absolute atomic E-state index is 0. The molecule has 0 bridgehead atoms. The quantitative estimate of drug-likeness (QED) is 0.606. The Labute approximate surface area is 71.7 Å². The molecule has 3 N–H and O–H groups in total. The first-order chi connectivity index (χ1) is 5.47. The van der Waals surface area contributed by atoms with Crippen LogP contribution >= 0.6 is 0 Å². The first-order valence-electron chi connectivity index (χ1n) is 3.88. The summed E-state index contributed by atoms with van der Waals surface area (Å²) in [7, 11) is 0. The molecule has 1 aromatic carbocycles. The Balaban J connectivity index is 0.000000720. The van der Waals surface area contributed by atoms with Crippen molar-refractivity contribution in [3.05, 3.63) is 29.8 Å². The van der Waals surface area contributed by atoms with Crippen molar-refractivity contribution < 1.29 is 10.2 Å². The Hall–Kier alpha value is -1.06. The highest BCUT2D eigenvalue weighted by molar-refractivity contribution is 5.33. The lowest BCUT2D eigenvalue weighted by molar-refractivity contribution is 0.326. The zero-order chi connectivity index (χ0) is 7.52. The first kappa shape index (κ1) is 9.03. The van der Waals surface area contributed by atoms with Crippen molar-refractivity contribution in [1.82, 2.24) is 5.32 Å². The van der Waals surface area contributed by atoms with Crippen LogP contribution in [0.3, 0.4) is 0 Å². The number of benzene rings is 1. The van der Waals surface area contributed by atoms with E-state index in [1.165, 1.54) is 5.56 Å². The summed E-state index contributed by atoms with van der Waals surface area (Å²) >= 11 is 0. The highest BCUT2D eigenvalue weighted by atomic mass is 16.5. The van der Waals surface area contributed by atoms with Crippen LogP contribution in [0.1, 0.15) is 5.56 Å². The van der Waals surface area contributed by atoms with Crippen molar-refractivity contribution >= 4 is 0 Å². The molecule has 1 aliphatic heterocycles. The average Bonchev–Trinajstić information content (AvgIpc) is 2.28. The van der Waals surface area contributed by atoms with Crippen molar-refractivity contribution in [2.24, 2.45) is 0 Å². The summed E-state index contributed by atoms with van der Waals surface area (Å²) in [6, 6.07) is 8.15. The van der Waals surface area contributed by atoms with Crippen LogP contribution in [0.2, 0.25) is 0 Å². The van der Waals surface area contributed by atoms with Crippen molar-refractivity contribution in [2.75, 3.05) is 13.2 Å². The van der Waals surface area contributed by atoms with Gasteiger partial charge >= 0.3 is 0 Å². The fourth-order valence-corrected chi connectivity index (χ4v) is 1.25. The zero-order valence-electron chi connectivity index (χ0n) is 6.84. The Bertz CT molecular complexity index is 225. The molecular formula is C9H13NO2. The molecule has 1 heterocycles. The number of nitrogens with one attached hydrogen (secondary N) is 1. The molecule has 0 fully saturated rings. The molecule has 0 aromatic heterocycles. The molecule has 12 heavy (non-hydrogen) atoms. The molecule has 0 radical (unpaired) electrons. The third kappa shape index (κ3) is 1.75. The third-order valence-corrected chi connectivity index (χ3v) is 1.82. The maximum Gasteiger partial charge on any atom is 0.123 e. The molecule has 1 aliphatic rings. The van der Waals surface area contributed by atoms with Gasteiger partial charge in [0.25, 0.3) is 0 Å². The highest BCUT2D eigenvalue weighted by Crippen LogP contribution is 2.18. The predicted octanol–water partition coefficient (Wildman–Crippen LogP) is 0.344. The van der Waals surface area contributed by atoms with Gasteiger partial charge in [-0.25, -0.2) is 0 Å². The van der Waals surface area contributed by atoms with Crippen molar-refractivity contribution in [2.45, 2.75) is 6.54 Å². The van der Waals surface area contributed by atoms with Gasteiger partial charge in [0.15, 0.2) is 0 Å². The molecular weight excluding hydrogens is 154 g/mol. The minimum atomic E-state index is 0. The average molecular weight is 167 g/mol. The molecule has 2 rings (SSSR count). The molecule has 0 saturated heterocycles. The minimum Gasteiger partial charge on any atom is -0.492 e. The Morgan fingerprint density at radius 1 is 1.25 bits per heavy atom. The molecule has 0 atom stereocenters. The number of ether oxygens (including phenoxy) is 1. The number of hydrogen-bond acceptors (Lipinski definition) is 2. The lowest BCUT2D eigenvalue weighted by Gasteiger charge is -2.03. The van der Waals surface area contributed by atoms with Crippen molar-refractivity contribution in [3.8, 4) is 5.75 Å². The van der Waals surface area contributed by atoms with Crippen LogP contribution in [0, 0.1) is 0 Å². The normalized spacial score (nSPS) is 15.0. The van der Waals surface area contributed by atoms with Gasteiger partial charge in [-0.3, -0.25) is 0 Å². The second-order valence-electron chi connectivity index (χ2n) is 2.63. The van der Waals surface area contributed by atoms with E-state index in [2.05, 4.69) is 11.4 Å². The lowest BCUT2D eigenvalue weighted by atomic mass is 10.2. The van der Waals surface area contributed by atoms with Gasteiger partial charge < -0.3 is 15.5 Å². The van der Waals surface area contributed by atoms with Gasteiger partial charge in [0.05, 0.1) is 0 Å². The maximum absolute atomic E-state index is 5.49. The smallest absolute Gasteiger partial charge is 0.123 e. The Morgan fingerprint density at radius 2 is 2.08 bits per heavy atom. The number of rotatable bonds is 0. The standard InChI is InChI=1S/C9H11NO.H2O/c1-2-4-9-8(3-1)7-10-5-6-11-9;/h1-4,10H,5-7H2;1H2. The molecule has 0 spiro atoms. The van der Waals surface area contributed by atoms with Crippen molar-refractivity contribution in [1.29, 1.82) is 0 Å². The molecule has 0 aliphatic carbocycles. The van der Waals surface area contributed by atoms with Crippen LogP contribution in [0.5, 0.6) is 5.75 Å². The Morgan fingerprint density at radius 3 is 3.00 bits per heavy atom. The summed E-state index contributed by atoms with van der Waals surface area (Å²) < 4.78 is 5.49. The van der Waals surface area contributed by atoms with E-state index >= 15 is 0 Å². The van der Waals surface area contributed by atoms with Gasteiger partial charge in [-0.1, -0.05) is 18.2 Å². The van der Waals surface area contributed by atoms with Crippen LogP contribution in [0.15, 0.2) is 24.3 Å². The van der Waals surface area contributed by atoms with E-state index in [4.69, 9.17) is 4.74 Å². The first-order valence-corrected chi connectivity index (χ1v) is 3.88. The Kier molecular flexibility index (Phi) is 3.08. The van der Waals surface area contributed by atoms with E-state index < -0.39 is 0 Å². The van der Waals surface area contributed by atoms with E-state index in [0.29, 0.717) is 0 Å². The van der Waals surface area contributed by atoms with Crippen LogP contribution < -0.4 is 10.1 Å². The summed E-state index contributed by atoms with van der Waals surface area (Å²) in [4.78, 5) is 0. The summed E-state index contributed by atoms with van der Waals surface area (Å²) in [6.45, 7) is 2.64. The predicted molar refractivity (Wildman–Crippen MR) is 47.3 cm³/mol. The second kappa shape index (κ2) is 4.09. The van der Waals surface area contributed by atoms with E-state index in [9.17, 15) is 0 Å². The molecule has 66 valence electrons. The zero-order valence-corrected chi connectivity index (χ0v) is 6.84. The van der Waals surface area contributed by atoms with Gasteiger partial charge in [-0.15, -0.1) is 0 Å². The van der Waals surface area contributed by atoms with Gasteiger partial charge in [0.1, 0.15) is 12.4 Å². The summed E-state index contributed by atoms with van der Waals surface area (Å²) in [5, 5.41) is 3.28. The fraction of sp³-hybridized carbons (Fsp3) is 0.333. The van der Waals surface area contributed by atoms with E-state index in [-0.39, 0.29) is 5.48 Å². The van der Waals surface area contributed by atoms with Crippen LogP contribution in [0.25, 0.3) is 0 Å². The van der Waals surface area contributed by atoms with Gasteiger partial charge in [0, 0.05) is 18.7 Å². The number of fused-ring (bicyclic) bond motifs is 1. The van der Waals surface area contributed by atoms with Crippen LogP contribution in [-0.4, -0.2) is 18.6 Å². The summed E-state index contributed by atoms with van der Waals surface area (Å²) in [6.07, 6.45) is 0. The van der Waals surface area contributed by atoms with Crippen LogP contribution in [0.4, 0.5) is 0 Å². The lowest BCUT2D eigenvalue weighted by Crippen LogP contribution is -2.16. The largest absolute Gasteiger partial charge is 0.492 e. The second-order valence-corrected chi connectivity index (χ2v) is 2.63. The molecule has 0 saturated carbocycles. The highest BCUT2D eigenvalue weighted by Gasteiger charge is 2.05. The monoisotopic (exact) mass is 167 g/mol. The molecule has 0 unspecified atom stereocenters. The fourth-order valence-electron chi connectivity index (χ4n) is 1.25. The molecule has 3 nitrogen and oxygen atoms in total. The van der Waals surface area contributed by atoms with Gasteiger partial charge in [0.2, 0.25) is 0 Å². The molecule has 3 heteroatoms. The summed E-state index contributed by atoms with van der Waals surface area (Å²) in [5.41, 5.74) is 1.25. The topological polar surface area (TPSA) is 52.8 Å². The maximum atomic E-state index is 5.49. The van der Waals surface area contributed by atoms with E-state index in [0.717, 1.165) is 25.4 Å². The molecule has 0 amide bonds. The van der Waals surface area contributed by atoms with Gasteiger partial charge in [-0.05, 0) is 6.07 Å². The number of hydrogen-bond donors (Lipinski definition) is 1. The van der Waals surface area contributed by atoms with Gasteiger partial charge in [-0.2, -0.15) is 0 Å². The SMILES string of the molecule is O.c1ccc2c(c1)CNCCO2. The van der Waals surface area contributed by atoms with Crippen molar-refractivity contribution in [3.63, 3.8) is 0 Å². The number of para-hydroxylation sites is 1.